The zero-order valence-electron chi connectivity index (χ0n) is 16.0. The summed E-state index contributed by atoms with van der Waals surface area (Å²) in [5.41, 5.74) is 10.4. The van der Waals surface area contributed by atoms with Crippen LogP contribution in [0.15, 0.2) is 35.2 Å². The van der Waals surface area contributed by atoms with Gasteiger partial charge < -0.3 is 10.3 Å². The van der Waals surface area contributed by atoms with Crippen molar-refractivity contribution in [2.75, 3.05) is 11.5 Å². The maximum absolute atomic E-state index is 6.18. The standard InChI is InChI=1S/C21H28N4S/c1-4-5-12-18-24-19-20(15(2)16(3)23-21(19)22)25(18)13-9-14-26-17-10-7-6-8-11-17/h6-8,10-11H,4-5,9,12-14H2,1-3H3,(H2,22,23). The molecule has 3 rings (SSSR count). The van der Waals surface area contributed by atoms with Crippen molar-refractivity contribution in [2.45, 2.75) is 57.9 Å². The molecule has 0 saturated heterocycles. The van der Waals surface area contributed by atoms with Crippen molar-refractivity contribution in [1.29, 1.82) is 0 Å². The molecule has 0 fully saturated rings. The van der Waals surface area contributed by atoms with Crippen molar-refractivity contribution < 1.29 is 0 Å². The monoisotopic (exact) mass is 368 g/mol. The highest BCUT2D eigenvalue weighted by molar-refractivity contribution is 7.99. The average Bonchev–Trinajstić information content (AvgIpc) is 3.01. The molecule has 0 amide bonds. The zero-order valence-corrected chi connectivity index (χ0v) is 16.8. The summed E-state index contributed by atoms with van der Waals surface area (Å²) in [5.74, 6) is 2.79. The third-order valence-electron chi connectivity index (χ3n) is 4.77. The number of hydrogen-bond acceptors (Lipinski definition) is 4. The molecule has 138 valence electrons. The summed E-state index contributed by atoms with van der Waals surface area (Å²) in [6, 6.07) is 10.6. The predicted molar refractivity (Wildman–Crippen MR) is 112 cm³/mol. The van der Waals surface area contributed by atoms with Crippen LogP contribution in [0.2, 0.25) is 0 Å². The number of nitrogen functional groups attached to an aromatic ring is 1. The van der Waals surface area contributed by atoms with Crippen LogP contribution in [0.5, 0.6) is 0 Å². The van der Waals surface area contributed by atoms with E-state index in [0.717, 1.165) is 48.6 Å². The van der Waals surface area contributed by atoms with Gasteiger partial charge >= 0.3 is 0 Å². The van der Waals surface area contributed by atoms with Gasteiger partial charge in [-0.15, -0.1) is 11.8 Å². The predicted octanol–water partition coefficient (Wildman–Crippen LogP) is 5.16. The molecule has 1 aromatic carbocycles. The minimum atomic E-state index is 0.554. The van der Waals surface area contributed by atoms with Gasteiger partial charge in [0.1, 0.15) is 11.3 Å². The fourth-order valence-electron chi connectivity index (χ4n) is 3.24. The molecule has 0 aliphatic rings. The molecule has 2 heterocycles. The Balaban J connectivity index is 1.82. The summed E-state index contributed by atoms with van der Waals surface area (Å²) in [4.78, 5) is 10.7. The fourth-order valence-corrected chi connectivity index (χ4v) is 4.10. The van der Waals surface area contributed by atoms with Gasteiger partial charge in [-0.1, -0.05) is 31.5 Å². The summed E-state index contributed by atoms with van der Waals surface area (Å²) in [6.07, 6.45) is 4.41. The first-order valence-corrected chi connectivity index (χ1v) is 10.4. The van der Waals surface area contributed by atoms with E-state index in [0.29, 0.717) is 5.82 Å². The fraction of sp³-hybridized carbons (Fsp3) is 0.429. The largest absolute Gasteiger partial charge is 0.382 e. The normalized spacial score (nSPS) is 11.3. The summed E-state index contributed by atoms with van der Waals surface area (Å²) in [5, 5.41) is 0. The second kappa shape index (κ2) is 8.58. The average molecular weight is 369 g/mol. The van der Waals surface area contributed by atoms with Crippen LogP contribution >= 0.6 is 11.8 Å². The SMILES string of the molecule is CCCCc1nc2c(N)nc(C)c(C)c2n1CCCSc1ccccc1. The van der Waals surface area contributed by atoms with Crippen LogP contribution in [0.1, 0.15) is 43.3 Å². The van der Waals surface area contributed by atoms with Crippen molar-refractivity contribution in [2.24, 2.45) is 0 Å². The first-order valence-electron chi connectivity index (χ1n) is 9.41. The zero-order chi connectivity index (χ0) is 18.5. The topological polar surface area (TPSA) is 56.7 Å². The molecule has 26 heavy (non-hydrogen) atoms. The molecule has 0 spiro atoms. The maximum Gasteiger partial charge on any atom is 0.151 e. The molecule has 0 unspecified atom stereocenters. The molecule has 0 saturated carbocycles. The van der Waals surface area contributed by atoms with Crippen LogP contribution in [0, 0.1) is 13.8 Å². The molecule has 0 atom stereocenters. The van der Waals surface area contributed by atoms with Crippen LogP contribution < -0.4 is 5.73 Å². The Hall–Kier alpha value is -2.01. The summed E-state index contributed by atoms with van der Waals surface area (Å²) >= 11 is 1.91. The number of aryl methyl sites for hydroxylation is 4. The Kier molecular flexibility index (Phi) is 6.20. The van der Waals surface area contributed by atoms with Gasteiger partial charge in [-0.3, -0.25) is 0 Å². The highest BCUT2D eigenvalue weighted by atomic mass is 32.2. The third kappa shape index (κ3) is 4.04. The van der Waals surface area contributed by atoms with E-state index in [9.17, 15) is 0 Å². The number of unbranched alkanes of at least 4 members (excludes halogenated alkanes) is 1. The van der Waals surface area contributed by atoms with E-state index in [-0.39, 0.29) is 0 Å². The number of anilines is 1. The molecular formula is C21H28N4S. The van der Waals surface area contributed by atoms with E-state index >= 15 is 0 Å². The lowest BCUT2D eigenvalue weighted by Crippen LogP contribution is -2.07. The number of pyridine rings is 1. The van der Waals surface area contributed by atoms with Crippen molar-refractivity contribution in [3.05, 3.63) is 47.4 Å². The second-order valence-electron chi connectivity index (χ2n) is 6.70. The molecular weight excluding hydrogens is 340 g/mol. The number of fused-ring (bicyclic) bond motifs is 1. The molecule has 2 aromatic heterocycles. The Morgan fingerprint density at radius 3 is 2.58 bits per heavy atom. The molecule has 0 bridgehead atoms. The van der Waals surface area contributed by atoms with E-state index in [2.05, 4.69) is 53.7 Å². The van der Waals surface area contributed by atoms with Crippen LogP contribution in [-0.4, -0.2) is 20.3 Å². The number of thioether (sulfide) groups is 1. The summed E-state index contributed by atoms with van der Waals surface area (Å²) in [6.45, 7) is 7.35. The van der Waals surface area contributed by atoms with Gasteiger partial charge in [0, 0.05) is 23.6 Å². The lowest BCUT2D eigenvalue weighted by atomic mass is 10.2. The van der Waals surface area contributed by atoms with Gasteiger partial charge in [-0.2, -0.15) is 0 Å². The van der Waals surface area contributed by atoms with E-state index in [1.165, 1.54) is 22.4 Å². The lowest BCUT2D eigenvalue weighted by molar-refractivity contribution is 0.636. The first kappa shape index (κ1) is 18.8. The van der Waals surface area contributed by atoms with Gasteiger partial charge in [0.25, 0.3) is 0 Å². The lowest BCUT2D eigenvalue weighted by Gasteiger charge is -2.12. The highest BCUT2D eigenvalue weighted by Gasteiger charge is 2.17. The van der Waals surface area contributed by atoms with Gasteiger partial charge in [0.15, 0.2) is 5.82 Å². The second-order valence-corrected chi connectivity index (χ2v) is 7.87. The van der Waals surface area contributed by atoms with Crippen LogP contribution in [-0.2, 0) is 13.0 Å². The van der Waals surface area contributed by atoms with Crippen LogP contribution in [0.4, 0.5) is 5.82 Å². The molecule has 4 nitrogen and oxygen atoms in total. The Labute approximate surface area is 160 Å². The molecule has 5 heteroatoms. The smallest absolute Gasteiger partial charge is 0.151 e. The number of nitrogens with two attached hydrogens (primary N) is 1. The van der Waals surface area contributed by atoms with Crippen molar-refractivity contribution >= 4 is 28.6 Å². The van der Waals surface area contributed by atoms with Gasteiger partial charge in [0.05, 0.1) is 5.52 Å². The summed E-state index contributed by atoms with van der Waals surface area (Å²) in [7, 11) is 0. The molecule has 0 aliphatic heterocycles. The van der Waals surface area contributed by atoms with Crippen molar-refractivity contribution in [1.82, 2.24) is 14.5 Å². The molecule has 0 aliphatic carbocycles. The number of benzene rings is 1. The van der Waals surface area contributed by atoms with Crippen molar-refractivity contribution in [3.63, 3.8) is 0 Å². The van der Waals surface area contributed by atoms with E-state index in [1.807, 2.05) is 18.7 Å². The quantitative estimate of drug-likeness (QED) is 0.441. The van der Waals surface area contributed by atoms with Gasteiger partial charge in [-0.25, -0.2) is 9.97 Å². The van der Waals surface area contributed by atoms with E-state index in [4.69, 9.17) is 10.7 Å². The third-order valence-corrected chi connectivity index (χ3v) is 5.87. The number of aromatic nitrogens is 3. The minimum absolute atomic E-state index is 0.554. The maximum atomic E-state index is 6.18. The first-order chi connectivity index (χ1) is 12.6. The Morgan fingerprint density at radius 2 is 1.85 bits per heavy atom. The van der Waals surface area contributed by atoms with Gasteiger partial charge in [0.2, 0.25) is 0 Å². The van der Waals surface area contributed by atoms with E-state index in [1.54, 1.807) is 0 Å². The number of imidazole rings is 1. The minimum Gasteiger partial charge on any atom is -0.382 e. The summed E-state index contributed by atoms with van der Waals surface area (Å²) < 4.78 is 2.39. The Morgan fingerprint density at radius 1 is 1.08 bits per heavy atom. The highest BCUT2D eigenvalue weighted by Crippen LogP contribution is 2.27. The van der Waals surface area contributed by atoms with E-state index < -0.39 is 0 Å². The van der Waals surface area contributed by atoms with Crippen LogP contribution in [0.3, 0.4) is 0 Å². The Bertz CT molecular complexity index is 871. The molecule has 3 aromatic rings. The van der Waals surface area contributed by atoms with Gasteiger partial charge in [-0.05, 0) is 50.1 Å². The molecule has 0 radical (unpaired) electrons. The van der Waals surface area contributed by atoms with Crippen molar-refractivity contribution in [3.8, 4) is 0 Å². The number of nitrogens with zero attached hydrogens (tertiary/aromatic N) is 3. The molecule has 2 N–H and O–H groups in total. The van der Waals surface area contributed by atoms with Crippen LogP contribution in [0.25, 0.3) is 11.0 Å². The number of hydrogen-bond donors (Lipinski definition) is 1. The number of rotatable bonds is 8.